The number of phenolic OH excluding ortho intramolecular Hbond substituents is 1. The van der Waals surface area contributed by atoms with Crippen molar-refractivity contribution < 1.29 is 14.6 Å². The average molecular weight is 557 g/mol. The molecule has 0 heterocycles. The van der Waals surface area contributed by atoms with Crippen molar-refractivity contribution in [2.24, 2.45) is 46.3 Å². The minimum atomic E-state index is -0.284. The van der Waals surface area contributed by atoms with Crippen LogP contribution < -0.4 is 0 Å². The Morgan fingerprint density at radius 3 is 2.51 bits per heavy atom. The standard InChI is InChI=1S/C38H52O3/c1-24(2)25(3)8-9-26(4)32-14-15-33-31-13-12-29-23-30(18-20-37(29,6)34(31)19-21-38(32,33)7)41-36(40)17-11-28-10-16-35(39)27(5)22-28/h8-13,16-17,22,24-26,30,32-34,39H,14-15,18-21,23H2,1-7H3/b9-8+,17-11+/t25-,26+,30-,32+,33?,34?,37-,38+/m0/s1. The minimum absolute atomic E-state index is 0.0615. The van der Waals surface area contributed by atoms with Gasteiger partial charge in [0.15, 0.2) is 0 Å². The topological polar surface area (TPSA) is 46.5 Å². The largest absolute Gasteiger partial charge is 0.508 e. The van der Waals surface area contributed by atoms with Crippen molar-refractivity contribution in [3.05, 3.63) is 70.9 Å². The second kappa shape index (κ2) is 11.6. The summed E-state index contributed by atoms with van der Waals surface area (Å²) in [5.41, 5.74) is 5.46. The molecule has 0 radical (unpaired) electrons. The summed E-state index contributed by atoms with van der Waals surface area (Å²) in [6, 6.07) is 5.33. The van der Waals surface area contributed by atoms with Crippen LogP contribution in [0, 0.1) is 53.3 Å². The molecule has 2 unspecified atom stereocenters. The van der Waals surface area contributed by atoms with Crippen molar-refractivity contribution in [3.8, 4) is 5.75 Å². The molecule has 222 valence electrons. The third-order valence-corrected chi connectivity index (χ3v) is 11.9. The molecular formula is C38H52O3. The van der Waals surface area contributed by atoms with E-state index in [2.05, 4.69) is 65.8 Å². The number of hydrogen-bond donors (Lipinski definition) is 1. The summed E-state index contributed by atoms with van der Waals surface area (Å²) in [5, 5.41) is 9.74. The summed E-state index contributed by atoms with van der Waals surface area (Å²) >= 11 is 0. The maximum atomic E-state index is 12.7. The maximum Gasteiger partial charge on any atom is 0.331 e. The van der Waals surface area contributed by atoms with Crippen molar-refractivity contribution in [2.75, 3.05) is 0 Å². The Balaban J connectivity index is 1.26. The van der Waals surface area contributed by atoms with Crippen LogP contribution in [0.3, 0.4) is 0 Å². The molecule has 1 aromatic carbocycles. The van der Waals surface area contributed by atoms with Gasteiger partial charge in [-0.15, -0.1) is 0 Å². The highest BCUT2D eigenvalue weighted by Gasteiger charge is 2.57. The van der Waals surface area contributed by atoms with Crippen LogP contribution in [0.2, 0.25) is 0 Å². The van der Waals surface area contributed by atoms with Gasteiger partial charge in [-0.25, -0.2) is 4.79 Å². The molecule has 3 fully saturated rings. The van der Waals surface area contributed by atoms with Gasteiger partial charge in [0.05, 0.1) is 0 Å². The van der Waals surface area contributed by atoms with Crippen molar-refractivity contribution in [1.29, 1.82) is 0 Å². The lowest BCUT2D eigenvalue weighted by molar-refractivity contribution is -0.144. The Bertz CT molecular complexity index is 1260. The van der Waals surface area contributed by atoms with Crippen LogP contribution in [0.15, 0.2) is 59.7 Å². The van der Waals surface area contributed by atoms with E-state index >= 15 is 0 Å². The Kier molecular flexibility index (Phi) is 8.48. The van der Waals surface area contributed by atoms with Crippen LogP contribution in [0.4, 0.5) is 0 Å². The fraction of sp³-hybridized carbons (Fsp3) is 0.605. The van der Waals surface area contributed by atoms with Gasteiger partial charge in [0.25, 0.3) is 0 Å². The van der Waals surface area contributed by atoms with E-state index in [1.165, 1.54) is 37.3 Å². The molecule has 5 rings (SSSR count). The van der Waals surface area contributed by atoms with E-state index in [4.69, 9.17) is 4.74 Å². The molecule has 3 nitrogen and oxygen atoms in total. The van der Waals surface area contributed by atoms with E-state index in [-0.39, 0.29) is 23.2 Å². The predicted molar refractivity (Wildman–Crippen MR) is 169 cm³/mol. The van der Waals surface area contributed by atoms with Gasteiger partial charge in [-0.3, -0.25) is 0 Å². The van der Waals surface area contributed by atoms with Gasteiger partial charge in [-0.1, -0.05) is 83.1 Å². The highest BCUT2D eigenvalue weighted by molar-refractivity contribution is 5.87. The quantitative estimate of drug-likeness (QED) is 0.207. The summed E-state index contributed by atoms with van der Waals surface area (Å²) in [6.07, 6.45) is 21.3. The number of hydrogen-bond acceptors (Lipinski definition) is 3. The van der Waals surface area contributed by atoms with Gasteiger partial charge in [0.1, 0.15) is 11.9 Å². The number of phenols is 1. The normalized spacial score (nSPS) is 34.5. The Morgan fingerprint density at radius 1 is 1.00 bits per heavy atom. The van der Waals surface area contributed by atoms with Gasteiger partial charge in [-0.2, -0.15) is 0 Å². The number of aromatic hydroxyl groups is 1. The third kappa shape index (κ3) is 5.75. The molecule has 3 saturated carbocycles. The van der Waals surface area contributed by atoms with Gasteiger partial charge in [0, 0.05) is 12.5 Å². The first-order chi connectivity index (χ1) is 19.4. The molecule has 0 saturated heterocycles. The zero-order valence-corrected chi connectivity index (χ0v) is 26.5. The smallest absolute Gasteiger partial charge is 0.331 e. The molecule has 1 N–H and O–H groups in total. The Morgan fingerprint density at radius 2 is 1.78 bits per heavy atom. The van der Waals surface area contributed by atoms with Crippen molar-refractivity contribution in [1.82, 2.24) is 0 Å². The van der Waals surface area contributed by atoms with Crippen LogP contribution in [-0.2, 0) is 9.53 Å². The number of aryl methyl sites for hydroxylation is 1. The predicted octanol–water partition coefficient (Wildman–Crippen LogP) is 9.61. The molecule has 0 aliphatic heterocycles. The monoisotopic (exact) mass is 556 g/mol. The molecule has 3 heteroatoms. The van der Waals surface area contributed by atoms with Crippen LogP contribution in [-0.4, -0.2) is 17.2 Å². The highest BCUT2D eigenvalue weighted by Crippen LogP contribution is 2.66. The van der Waals surface area contributed by atoms with E-state index in [1.807, 2.05) is 13.0 Å². The molecule has 4 aliphatic rings. The zero-order valence-electron chi connectivity index (χ0n) is 26.5. The second-order valence-electron chi connectivity index (χ2n) is 14.6. The molecule has 0 spiro atoms. The first-order valence-electron chi connectivity index (χ1n) is 16.2. The van der Waals surface area contributed by atoms with Gasteiger partial charge in [-0.05, 0) is 121 Å². The van der Waals surface area contributed by atoms with E-state index in [0.717, 1.165) is 36.3 Å². The van der Waals surface area contributed by atoms with Crippen LogP contribution in [0.5, 0.6) is 5.75 Å². The summed E-state index contributed by atoms with van der Waals surface area (Å²) < 4.78 is 5.93. The number of fused-ring (bicyclic) bond motifs is 5. The molecule has 0 amide bonds. The number of ether oxygens (including phenoxy) is 1. The summed E-state index contributed by atoms with van der Waals surface area (Å²) in [4.78, 5) is 12.7. The fourth-order valence-electron chi connectivity index (χ4n) is 8.83. The summed E-state index contributed by atoms with van der Waals surface area (Å²) in [5.74, 6) is 4.03. The van der Waals surface area contributed by atoms with Gasteiger partial charge >= 0.3 is 5.97 Å². The lowest BCUT2D eigenvalue weighted by Gasteiger charge is -2.55. The summed E-state index contributed by atoms with van der Waals surface area (Å²) in [6.45, 7) is 16.4. The number of carbonyl (C=O) groups excluding carboxylic acids is 1. The first kappa shape index (κ1) is 29.9. The first-order valence-corrected chi connectivity index (χ1v) is 16.2. The van der Waals surface area contributed by atoms with Gasteiger partial charge < -0.3 is 9.84 Å². The van der Waals surface area contributed by atoms with Gasteiger partial charge in [0.2, 0.25) is 0 Å². The second-order valence-corrected chi connectivity index (χ2v) is 14.6. The van der Waals surface area contributed by atoms with Crippen molar-refractivity contribution in [2.45, 2.75) is 99.5 Å². The number of allylic oxidation sites excluding steroid dienone is 5. The van der Waals surface area contributed by atoms with Crippen LogP contribution in [0.1, 0.15) is 97.6 Å². The van der Waals surface area contributed by atoms with Crippen LogP contribution >= 0.6 is 0 Å². The molecule has 41 heavy (non-hydrogen) atoms. The molecule has 8 atom stereocenters. The van der Waals surface area contributed by atoms with E-state index in [1.54, 1.807) is 23.8 Å². The van der Waals surface area contributed by atoms with E-state index in [9.17, 15) is 9.90 Å². The third-order valence-electron chi connectivity index (χ3n) is 11.9. The van der Waals surface area contributed by atoms with Crippen molar-refractivity contribution >= 4 is 12.0 Å². The molecule has 0 aromatic heterocycles. The Hall–Kier alpha value is -2.55. The lowest BCUT2D eigenvalue weighted by atomic mass is 9.50. The number of esters is 1. The summed E-state index contributed by atoms with van der Waals surface area (Å²) in [7, 11) is 0. The fourth-order valence-corrected chi connectivity index (χ4v) is 8.83. The van der Waals surface area contributed by atoms with Crippen molar-refractivity contribution in [3.63, 3.8) is 0 Å². The van der Waals surface area contributed by atoms with Crippen LogP contribution in [0.25, 0.3) is 6.08 Å². The minimum Gasteiger partial charge on any atom is -0.508 e. The molecule has 4 aliphatic carbocycles. The molecular weight excluding hydrogens is 504 g/mol. The SMILES string of the molecule is Cc1cc(/C=C/C(=O)O[C@H]2CC[C@@]3(C)C(=CC=C4C3CC[C@@]3(C)C4CC[C@@H]3[C@H](C)/C=C/[C@H](C)C(C)C)C2)ccc1O. The molecule has 0 bridgehead atoms. The lowest BCUT2D eigenvalue weighted by Crippen LogP contribution is -2.46. The van der Waals surface area contributed by atoms with E-state index in [0.29, 0.717) is 35.0 Å². The highest BCUT2D eigenvalue weighted by atomic mass is 16.5. The van der Waals surface area contributed by atoms with E-state index < -0.39 is 0 Å². The number of benzene rings is 1. The number of carbonyl (C=O) groups is 1. The average Bonchev–Trinajstić information content (AvgIpc) is 3.29. The Labute approximate surface area is 248 Å². The molecule has 1 aromatic rings. The number of rotatable bonds is 7. The maximum absolute atomic E-state index is 12.7. The zero-order chi connectivity index (χ0) is 29.5.